The highest BCUT2D eigenvalue weighted by Crippen LogP contribution is 2.15. The lowest BCUT2D eigenvalue weighted by molar-refractivity contribution is 0.102. The number of allylic oxidation sites excluding steroid dienone is 1. The third-order valence-corrected chi connectivity index (χ3v) is 4.08. The zero-order valence-electron chi connectivity index (χ0n) is 15.2. The number of carbonyl (C=O) groups excluding carboxylic acids is 2. The van der Waals surface area contributed by atoms with Gasteiger partial charge in [-0.25, -0.2) is 4.39 Å². The average Bonchev–Trinajstić information content (AvgIpc) is 2.73. The predicted molar refractivity (Wildman–Crippen MR) is 107 cm³/mol. The van der Waals surface area contributed by atoms with E-state index in [0.29, 0.717) is 22.6 Å². The van der Waals surface area contributed by atoms with Gasteiger partial charge in [-0.3, -0.25) is 9.59 Å². The molecular formula is C23H18FNO3. The van der Waals surface area contributed by atoms with Crippen molar-refractivity contribution in [3.8, 4) is 5.75 Å². The molecule has 0 aromatic heterocycles. The number of amides is 1. The molecule has 3 aromatic carbocycles. The third-order valence-electron chi connectivity index (χ3n) is 4.08. The molecule has 0 spiro atoms. The third kappa shape index (κ3) is 4.92. The van der Waals surface area contributed by atoms with Gasteiger partial charge in [-0.05, 0) is 72.3 Å². The summed E-state index contributed by atoms with van der Waals surface area (Å²) in [6, 6.07) is 19.3. The van der Waals surface area contributed by atoms with Gasteiger partial charge in [0, 0.05) is 16.8 Å². The predicted octanol–water partition coefficient (Wildman–Crippen LogP) is 4.98. The minimum absolute atomic E-state index is 0.114. The van der Waals surface area contributed by atoms with Crippen LogP contribution in [0.3, 0.4) is 0 Å². The van der Waals surface area contributed by atoms with E-state index in [0.717, 1.165) is 5.56 Å². The maximum Gasteiger partial charge on any atom is 0.255 e. The number of ketones is 1. The number of benzene rings is 3. The molecule has 1 amide bonds. The minimum atomic E-state index is -0.392. The summed E-state index contributed by atoms with van der Waals surface area (Å²) >= 11 is 0. The van der Waals surface area contributed by atoms with Crippen LogP contribution in [0.1, 0.15) is 26.3 Å². The van der Waals surface area contributed by atoms with Crippen molar-refractivity contribution in [3.63, 3.8) is 0 Å². The lowest BCUT2D eigenvalue weighted by Gasteiger charge is -2.05. The number of hydrogen-bond acceptors (Lipinski definition) is 3. The SMILES string of the molecule is COc1ccc(C(=O)C=Cc2ccc(NC(=O)c3ccc(F)cc3)cc2)cc1. The highest BCUT2D eigenvalue weighted by atomic mass is 19.1. The summed E-state index contributed by atoms with van der Waals surface area (Å²) in [6.45, 7) is 0. The molecule has 0 saturated carbocycles. The molecule has 28 heavy (non-hydrogen) atoms. The summed E-state index contributed by atoms with van der Waals surface area (Å²) in [7, 11) is 1.57. The Labute approximate surface area is 162 Å². The Bertz CT molecular complexity index is 992. The van der Waals surface area contributed by atoms with Gasteiger partial charge in [0.15, 0.2) is 5.78 Å². The Morgan fingerprint density at radius 2 is 1.46 bits per heavy atom. The van der Waals surface area contributed by atoms with Crippen molar-refractivity contribution in [2.24, 2.45) is 0 Å². The van der Waals surface area contributed by atoms with Gasteiger partial charge in [-0.1, -0.05) is 18.2 Å². The zero-order chi connectivity index (χ0) is 19.9. The lowest BCUT2D eigenvalue weighted by atomic mass is 10.1. The average molecular weight is 375 g/mol. The van der Waals surface area contributed by atoms with E-state index in [4.69, 9.17) is 4.74 Å². The van der Waals surface area contributed by atoms with Crippen molar-refractivity contribution in [3.05, 3.63) is 101 Å². The van der Waals surface area contributed by atoms with E-state index in [2.05, 4.69) is 5.32 Å². The molecular weight excluding hydrogens is 357 g/mol. The number of methoxy groups -OCH3 is 1. The Morgan fingerprint density at radius 1 is 0.857 bits per heavy atom. The first kappa shape index (κ1) is 19.0. The summed E-state index contributed by atoms with van der Waals surface area (Å²) < 4.78 is 18.0. The van der Waals surface area contributed by atoms with Gasteiger partial charge in [-0.15, -0.1) is 0 Å². The Hall–Kier alpha value is -3.73. The molecule has 3 rings (SSSR count). The molecule has 0 heterocycles. The Kier molecular flexibility index (Phi) is 5.97. The smallest absolute Gasteiger partial charge is 0.255 e. The summed E-state index contributed by atoms with van der Waals surface area (Å²) in [5.74, 6) is -0.134. The maximum atomic E-state index is 12.9. The molecule has 0 aliphatic rings. The topological polar surface area (TPSA) is 55.4 Å². The summed E-state index contributed by atoms with van der Waals surface area (Å²) in [5.41, 5.74) is 2.37. The van der Waals surface area contributed by atoms with Crippen molar-refractivity contribution in [2.75, 3.05) is 12.4 Å². The van der Waals surface area contributed by atoms with Crippen LogP contribution in [-0.2, 0) is 0 Å². The van der Waals surface area contributed by atoms with Gasteiger partial charge < -0.3 is 10.1 Å². The van der Waals surface area contributed by atoms with Gasteiger partial charge in [0.05, 0.1) is 7.11 Å². The van der Waals surface area contributed by atoms with Gasteiger partial charge >= 0.3 is 0 Å². The summed E-state index contributed by atoms with van der Waals surface area (Å²) in [6.07, 6.45) is 3.20. The highest BCUT2D eigenvalue weighted by Gasteiger charge is 2.06. The van der Waals surface area contributed by atoms with Gasteiger partial charge in [0.2, 0.25) is 0 Å². The van der Waals surface area contributed by atoms with E-state index in [1.807, 2.05) is 0 Å². The standard InChI is InChI=1S/C23H18FNO3/c1-28-21-13-7-17(8-14-21)22(26)15-4-16-2-11-20(12-3-16)25-23(27)18-5-9-19(24)10-6-18/h2-15H,1H3,(H,25,27). The first-order chi connectivity index (χ1) is 13.5. The quantitative estimate of drug-likeness (QED) is 0.488. The molecule has 0 aliphatic carbocycles. The van der Waals surface area contributed by atoms with Crippen LogP contribution in [-0.4, -0.2) is 18.8 Å². The van der Waals surface area contributed by atoms with Crippen LogP contribution in [0.5, 0.6) is 5.75 Å². The molecule has 0 bridgehead atoms. The monoisotopic (exact) mass is 375 g/mol. The summed E-state index contributed by atoms with van der Waals surface area (Å²) in [4.78, 5) is 24.3. The summed E-state index contributed by atoms with van der Waals surface area (Å²) in [5, 5.41) is 2.74. The molecule has 0 atom stereocenters. The van der Waals surface area contributed by atoms with Crippen molar-refractivity contribution in [1.82, 2.24) is 0 Å². The fourth-order valence-corrected chi connectivity index (χ4v) is 2.51. The molecule has 0 unspecified atom stereocenters. The Morgan fingerprint density at radius 3 is 2.07 bits per heavy atom. The van der Waals surface area contributed by atoms with E-state index < -0.39 is 5.82 Å². The second-order valence-electron chi connectivity index (χ2n) is 6.01. The van der Waals surface area contributed by atoms with Crippen molar-refractivity contribution < 1.29 is 18.7 Å². The molecule has 0 aliphatic heterocycles. The number of halogens is 1. The molecule has 4 nitrogen and oxygen atoms in total. The molecule has 140 valence electrons. The zero-order valence-corrected chi connectivity index (χ0v) is 15.2. The van der Waals surface area contributed by atoms with Crippen LogP contribution < -0.4 is 10.1 Å². The fraction of sp³-hybridized carbons (Fsp3) is 0.0435. The number of nitrogens with one attached hydrogen (secondary N) is 1. The first-order valence-electron chi connectivity index (χ1n) is 8.58. The highest BCUT2D eigenvalue weighted by molar-refractivity contribution is 6.07. The number of rotatable bonds is 6. The van der Waals surface area contributed by atoms with Crippen LogP contribution in [0.25, 0.3) is 6.08 Å². The molecule has 0 fully saturated rings. The number of ether oxygens (including phenoxy) is 1. The lowest BCUT2D eigenvalue weighted by Crippen LogP contribution is -2.11. The fourth-order valence-electron chi connectivity index (χ4n) is 2.51. The van der Waals surface area contributed by atoms with E-state index in [1.165, 1.54) is 30.3 Å². The molecule has 0 radical (unpaired) electrons. The molecule has 1 N–H and O–H groups in total. The van der Waals surface area contributed by atoms with Crippen LogP contribution in [0.2, 0.25) is 0 Å². The molecule has 5 heteroatoms. The van der Waals surface area contributed by atoms with Crippen LogP contribution in [0.15, 0.2) is 78.9 Å². The van der Waals surface area contributed by atoms with Crippen LogP contribution in [0, 0.1) is 5.82 Å². The number of anilines is 1. The van der Waals surface area contributed by atoms with Gasteiger partial charge in [0.1, 0.15) is 11.6 Å². The van der Waals surface area contributed by atoms with Crippen LogP contribution in [0.4, 0.5) is 10.1 Å². The van der Waals surface area contributed by atoms with E-state index in [-0.39, 0.29) is 11.7 Å². The molecule has 3 aromatic rings. The van der Waals surface area contributed by atoms with Gasteiger partial charge in [-0.2, -0.15) is 0 Å². The molecule has 0 saturated heterocycles. The van der Waals surface area contributed by atoms with E-state index in [9.17, 15) is 14.0 Å². The normalized spacial score (nSPS) is 10.6. The second kappa shape index (κ2) is 8.77. The largest absolute Gasteiger partial charge is 0.497 e. The van der Waals surface area contributed by atoms with Crippen molar-refractivity contribution in [2.45, 2.75) is 0 Å². The van der Waals surface area contributed by atoms with Gasteiger partial charge in [0.25, 0.3) is 5.91 Å². The van der Waals surface area contributed by atoms with E-state index >= 15 is 0 Å². The second-order valence-corrected chi connectivity index (χ2v) is 6.01. The number of carbonyl (C=O) groups is 2. The first-order valence-corrected chi connectivity index (χ1v) is 8.58. The minimum Gasteiger partial charge on any atom is -0.497 e. The number of hydrogen-bond donors (Lipinski definition) is 1. The van der Waals surface area contributed by atoms with Crippen molar-refractivity contribution in [1.29, 1.82) is 0 Å². The maximum absolute atomic E-state index is 12.9. The van der Waals surface area contributed by atoms with Crippen molar-refractivity contribution >= 4 is 23.5 Å². The van der Waals surface area contributed by atoms with Crippen LogP contribution >= 0.6 is 0 Å². The van der Waals surface area contributed by atoms with E-state index in [1.54, 1.807) is 61.7 Å². The Balaban J connectivity index is 1.61.